The van der Waals surface area contributed by atoms with E-state index in [1.807, 2.05) is 42.4 Å². The van der Waals surface area contributed by atoms with Crippen molar-refractivity contribution >= 4 is 23.4 Å². The molecule has 162 valence electrons. The highest BCUT2D eigenvalue weighted by atomic mass is 35.5. The van der Waals surface area contributed by atoms with Gasteiger partial charge in [-0.1, -0.05) is 17.7 Å². The highest BCUT2D eigenvalue weighted by Crippen LogP contribution is 2.15. The molecule has 7 nitrogen and oxygen atoms in total. The molecule has 1 aromatic carbocycles. The number of piperazine rings is 1. The van der Waals surface area contributed by atoms with Crippen LogP contribution in [0.3, 0.4) is 0 Å². The van der Waals surface area contributed by atoms with E-state index in [9.17, 15) is 0 Å². The number of likely N-dealkylation sites (N-methyl/N-ethyl adjacent to an activating group) is 2. The maximum atomic E-state index is 5.90. The van der Waals surface area contributed by atoms with E-state index in [1.165, 1.54) is 0 Å². The van der Waals surface area contributed by atoms with E-state index >= 15 is 0 Å². The molecule has 0 atom stereocenters. The number of hydrogen-bond donors (Lipinski definition) is 1. The molecule has 1 N–H and O–H groups in total. The number of pyridine rings is 1. The number of aliphatic imine (C=N–C) groups is 1. The third-order valence-electron chi connectivity index (χ3n) is 5.17. The van der Waals surface area contributed by atoms with Gasteiger partial charge in [-0.2, -0.15) is 0 Å². The van der Waals surface area contributed by atoms with Gasteiger partial charge in [-0.3, -0.25) is 4.99 Å². The lowest BCUT2D eigenvalue weighted by atomic mass is 10.2. The van der Waals surface area contributed by atoms with Gasteiger partial charge >= 0.3 is 0 Å². The molecule has 1 aliphatic rings. The summed E-state index contributed by atoms with van der Waals surface area (Å²) in [5.74, 6) is 2.67. The molecule has 1 saturated heterocycles. The van der Waals surface area contributed by atoms with Crippen LogP contribution in [0.5, 0.6) is 5.75 Å². The van der Waals surface area contributed by atoms with Gasteiger partial charge in [0.15, 0.2) is 5.96 Å². The van der Waals surface area contributed by atoms with Crippen molar-refractivity contribution in [3.05, 3.63) is 53.2 Å². The Kier molecular flexibility index (Phi) is 8.16. The van der Waals surface area contributed by atoms with Crippen LogP contribution < -0.4 is 15.0 Å². The standard InChI is InChI=1S/C22H31ClN6O/c1-24-22(28(3)14-15-30-20-7-5-19(23)6-8-20)26-17-18-4-9-21(25-16-18)29-12-10-27(2)11-13-29/h4-9,16H,10-15,17H2,1-3H3,(H,24,26). The molecule has 0 aliphatic carbocycles. The fraction of sp³-hybridized carbons (Fsp3) is 0.455. The minimum atomic E-state index is 0.556. The molecule has 30 heavy (non-hydrogen) atoms. The first kappa shape index (κ1) is 22.2. The third kappa shape index (κ3) is 6.50. The monoisotopic (exact) mass is 430 g/mol. The molecule has 3 rings (SSSR count). The molecule has 1 aliphatic heterocycles. The fourth-order valence-corrected chi connectivity index (χ4v) is 3.37. The molecule has 2 aromatic rings. The summed E-state index contributed by atoms with van der Waals surface area (Å²) in [6.45, 7) is 6.14. The van der Waals surface area contributed by atoms with Crippen molar-refractivity contribution in [3.8, 4) is 5.75 Å². The van der Waals surface area contributed by atoms with Gasteiger partial charge < -0.3 is 24.8 Å². The number of aromatic nitrogens is 1. The van der Waals surface area contributed by atoms with E-state index in [-0.39, 0.29) is 0 Å². The van der Waals surface area contributed by atoms with Crippen LogP contribution in [0.25, 0.3) is 0 Å². The number of guanidine groups is 1. The molecule has 2 heterocycles. The van der Waals surface area contributed by atoms with E-state index in [1.54, 1.807) is 7.05 Å². The number of nitrogens with zero attached hydrogens (tertiary/aromatic N) is 5. The van der Waals surface area contributed by atoms with Gasteiger partial charge in [0.1, 0.15) is 18.2 Å². The summed E-state index contributed by atoms with van der Waals surface area (Å²) in [5, 5.41) is 4.09. The minimum absolute atomic E-state index is 0.556. The van der Waals surface area contributed by atoms with Crippen LogP contribution in [0, 0.1) is 0 Å². The number of rotatable bonds is 7. The zero-order valence-corrected chi connectivity index (χ0v) is 18.8. The lowest BCUT2D eigenvalue weighted by molar-refractivity contribution is 0.281. The van der Waals surface area contributed by atoms with Crippen LogP contribution in [0.2, 0.25) is 5.02 Å². The molecule has 0 radical (unpaired) electrons. The van der Waals surface area contributed by atoms with Gasteiger partial charge in [0.05, 0.1) is 6.54 Å². The van der Waals surface area contributed by atoms with Crippen molar-refractivity contribution in [2.24, 2.45) is 4.99 Å². The normalized spacial score (nSPS) is 15.2. The SMILES string of the molecule is CN=C(NCc1ccc(N2CCN(C)CC2)nc1)N(C)CCOc1ccc(Cl)cc1. The van der Waals surface area contributed by atoms with Crippen molar-refractivity contribution in [1.29, 1.82) is 0 Å². The second-order valence-electron chi connectivity index (χ2n) is 7.44. The predicted octanol–water partition coefficient (Wildman–Crippen LogP) is 2.57. The van der Waals surface area contributed by atoms with Gasteiger partial charge in [0.2, 0.25) is 0 Å². The number of halogens is 1. The second kappa shape index (κ2) is 11.0. The Morgan fingerprint density at radius 1 is 1.17 bits per heavy atom. The first-order valence-corrected chi connectivity index (χ1v) is 10.6. The number of hydrogen-bond acceptors (Lipinski definition) is 5. The van der Waals surface area contributed by atoms with Crippen molar-refractivity contribution in [1.82, 2.24) is 20.1 Å². The molecule has 0 unspecified atom stereocenters. The van der Waals surface area contributed by atoms with Gasteiger partial charge in [-0.15, -0.1) is 0 Å². The molecule has 0 saturated carbocycles. The molecule has 8 heteroatoms. The maximum Gasteiger partial charge on any atom is 0.193 e. The largest absolute Gasteiger partial charge is 0.492 e. The van der Waals surface area contributed by atoms with Gasteiger partial charge in [0.25, 0.3) is 0 Å². The Bertz CT molecular complexity index is 803. The molecular formula is C22H31ClN6O. The van der Waals surface area contributed by atoms with Crippen LogP contribution in [0.4, 0.5) is 5.82 Å². The Hall–Kier alpha value is -2.51. The van der Waals surface area contributed by atoms with E-state index < -0.39 is 0 Å². The Labute approximate surface area is 184 Å². The summed E-state index contributed by atoms with van der Waals surface area (Å²) < 4.78 is 5.77. The number of benzene rings is 1. The number of nitrogens with one attached hydrogen (secondary N) is 1. The maximum absolute atomic E-state index is 5.90. The smallest absolute Gasteiger partial charge is 0.193 e. The van der Waals surface area contributed by atoms with Gasteiger partial charge in [0, 0.05) is 58.0 Å². The van der Waals surface area contributed by atoms with Gasteiger partial charge in [-0.05, 0) is 42.9 Å². The number of anilines is 1. The van der Waals surface area contributed by atoms with Crippen LogP contribution in [-0.2, 0) is 6.54 Å². The first-order valence-electron chi connectivity index (χ1n) is 10.2. The zero-order chi connectivity index (χ0) is 21.3. The van der Waals surface area contributed by atoms with E-state index in [2.05, 4.69) is 44.3 Å². The predicted molar refractivity (Wildman–Crippen MR) is 124 cm³/mol. The first-order chi connectivity index (χ1) is 14.5. The van der Waals surface area contributed by atoms with E-state index in [4.69, 9.17) is 16.3 Å². The third-order valence-corrected chi connectivity index (χ3v) is 5.42. The molecule has 1 aromatic heterocycles. The van der Waals surface area contributed by atoms with E-state index in [0.717, 1.165) is 49.3 Å². The molecule has 1 fully saturated rings. The van der Waals surface area contributed by atoms with Crippen molar-refractivity contribution in [2.45, 2.75) is 6.54 Å². The van der Waals surface area contributed by atoms with Crippen molar-refractivity contribution in [3.63, 3.8) is 0 Å². The summed E-state index contributed by atoms with van der Waals surface area (Å²) in [6, 6.07) is 11.6. The molecule has 0 bridgehead atoms. The Morgan fingerprint density at radius 3 is 2.53 bits per heavy atom. The van der Waals surface area contributed by atoms with Crippen LogP contribution >= 0.6 is 11.6 Å². The van der Waals surface area contributed by atoms with Crippen LogP contribution in [0.15, 0.2) is 47.6 Å². The second-order valence-corrected chi connectivity index (χ2v) is 7.88. The molecular weight excluding hydrogens is 400 g/mol. The van der Waals surface area contributed by atoms with Crippen molar-refractivity contribution in [2.75, 3.05) is 65.4 Å². The lowest BCUT2D eigenvalue weighted by Crippen LogP contribution is -2.44. The summed E-state index contributed by atoms with van der Waals surface area (Å²) in [4.78, 5) is 15.7. The molecule has 0 amide bonds. The average Bonchev–Trinajstić information content (AvgIpc) is 2.76. The van der Waals surface area contributed by atoms with Crippen molar-refractivity contribution < 1.29 is 4.74 Å². The summed E-state index contributed by atoms with van der Waals surface area (Å²) in [7, 11) is 5.94. The lowest BCUT2D eigenvalue weighted by Gasteiger charge is -2.33. The summed E-state index contributed by atoms with van der Waals surface area (Å²) in [6.07, 6.45) is 1.94. The highest BCUT2D eigenvalue weighted by Gasteiger charge is 2.15. The highest BCUT2D eigenvalue weighted by molar-refractivity contribution is 6.30. The summed E-state index contributed by atoms with van der Waals surface area (Å²) in [5.41, 5.74) is 1.12. The van der Waals surface area contributed by atoms with Crippen LogP contribution in [-0.4, -0.2) is 81.2 Å². The number of ether oxygens (including phenoxy) is 1. The fourth-order valence-electron chi connectivity index (χ4n) is 3.25. The Balaban J connectivity index is 1.43. The van der Waals surface area contributed by atoms with E-state index in [0.29, 0.717) is 24.7 Å². The van der Waals surface area contributed by atoms with Crippen LogP contribution in [0.1, 0.15) is 5.56 Å². The minimum Gasteiger partial charge on any atom is -0.492 e. The topological polar surface area (TPSA) is 56.2 Å². The average molecular weight is 431 g/mol. The molecule has 0 spiro atoms. The Morgan fingerprint density at radius 2 is 1.90 bits per heavy atom. The van der Waals surface area contributed by atoms with Gasteiger partial charge in [-0.25, -0.2) is 4.98 Å². The quantitative estimate of drug-likeness (QED) is 0.538. The summed E-state index contributed by atoms with van der Waals surface area (Å²) >= 11 is 5.90. The zero-order valence-electron chi connectivity index (χ0n) is 18.0.